The normalized spacial score (nSPS) is 10.3. The summed E-state index contributed by atoms with van der Waals surface area (Å²) < 4.78 is 0. The molecule has 0 aliphatic carbocycles. The Kier molecular flexibility index (Phi) is 4.23. The van der Waals surface area contributed by atoms with E-state index in [2.05, 4.69) is 40.2 Å². The molecule has 94 valence electrons. The summed E-state index contributed by atoms with van der Waals surface area (Å²) >= 11 is 0. The van der Waals surface area contributed by atoms with E-state index in [1.165, 1.54) is 5.56 Å². The first kappa shape index (κ1) is 12.5. The van der Waals surface area contributed by atoms with Gasteiger partial charge in [0.1, 0.15) is 11.5 Å². The monoisotopic (exact) mass is 242 g/mol. The number of rotatable bonds is 5. The molecule has 2 aromatic rings. The van der Waals surface area contributed by atoms with Gasteiger partial charge in [-0.2, -0.15) is 0 Å². The van der Waals surface area contributed by atoms with Gasteiger partial charge >= 0.3 is 0 Å². The largest absolute Gasteiger partial charge is 0.370 e. The lowest BCUT2D eigenvalue weighted by Crippen LogP contribution is -2.04. The van der Waals surface area contributed by atoms with Gasteiger partial charge in [-0.15, -0.1) is 0 Å². The summed E-state index contributed by atoms with van der Waals surface area (Å²) in [6, 6.07) is 5.90. The van der Waals surface area contributed by atoms with Crippen LogP contribution in [0.1, 0.15) is 25.8 Å². The molecule has 18 heavy (non-hydrogen) atoms. The Morgan fingerprint density at radius 1 is 1.11 bits per heavy atom. The fraction of sp³-hybridized carbons (Fsp3) is 0.357. The van der Waals surface area contributed by atoms with Crippen molar-refractivity contribution in [1.82, 2.24) is 15.0 Å². The molecule has 2 aromatic heterocycles. The standard InChI is InChI=1S/C14H18N4/c1-3-8-15-12-7-10-17-14(18-12)13-11(4-2)6-5-9-16-13/h5-7,9-10H,3-4,8H2,1-2H3,(H,15,17,18). The molecule has 1 N–H and O–H groups in total. The highest BCUT2D eigenvalue weighted by Gasteiger charge is 2.08. The number of aromatic nitrogens is 3. The molecule has 0 saturated heterocycles. The molecule has 0 unspecified atom stereocenters. The first-order valence-electron chi connectivity index (χ1n) is 6.36. The molecule has 0 spiro atoms. The predicted molar refractivity (Wildman–Crippen MR) is 73.4 cm³/mol. The van der Waals surface area contributed by atoms with Crippen LogP contribution in [0.5, 0.6) is 0 Å². The average Bonchev–Trinajstić information content (AvgIpc) is 2.45. The minimum absolute atomic E-state index is 0.688. The molecular weight excluding hydrogens is 224 g/mol. The number of pyridine rings is 1. The van der Waals surface area contributed by atoms with Crippen molar-refractivity contribution in [3.8, 4) is 11.5 Å². The summed E-state index contributed by atoms with van der Waals surface area (Å²) in [5, 5.41) is 3.26. The van der Waals surface area contributed by atoms with E-state index in [-0.39, 0.29) is 0 Å². The van der Waals surface area contributed by atoms with Gasteiger partial charge in [-0.3, -0.25) is 4.98 Å². The fourth-order valence-electron chi connectivity index (χ4n) is 1.75. The van der Waals surface area contributed by atoms with Gasteiger partial charge in [0.2, 0.25) is 0 Å². The van der Waals surface area contributed by atoms with Crippen molar-refractivity contribution in [2.24, 2.45) is 0 Å². The molecule has 4 nitrogen and oxygen atoms in total. The maximum Gasteiger partial charge on any atom is 0.180 e. The molecule has 0 amide bonds. The number of nitrogens with one attached hydrogen (secondary N) is 1. The highest BCUT2D eigenvalue weighted by molar-refractivity contribution is 5.56. The number of hydrogen-bond acceptors (Lipinski definition) is 4. The molecule has 0 bridgehead atoms. The smallest absolute Gasteiger partial charge is 0.180 e. The Labute approximate surface area is 108 Å². The molecule has 2 heterocycles. The van der Waals surface area contributed by atoms with Gasteiger partial charge in [0.05, 0.1) is 0 Å². The quantitative estimate of drug-likeness (QED) is 0.875. The number of nitrogens with zero attached hydrogens (tertiary/aromatic N) is 3. The van der Waals surface area contributed by atoms with E-state index < -0.39 is 0 Å². The van der Waals surface area contributed by atoms with Crippen molar-refractivity contribution in [1.29, 1.82) is 0 Å². The molecule has 0 aliphatic rings. The molecule has 0 radical (unpaired) electrons. The predicted octanol–water partition coefficient (Wildman–Crippen LogP) is 2.92. The summed E-state index contributed by atoms with van der Waals surface area (Å²) in [6.07, 6.45) is 5.56. The second-order valence-electron chi connectivity index (χ2n) is 4.06. The van der Waals surface area contributed by atoms with Crippen molar-refractivity contribution in [3.63, 3.8) is 0 Å². The fourth-order valence-corrected chi connectivity index (χ4v) is 1.75. The highest BCUT2D eigenvalue weighted by atomic mass is 15.0. The van der Waals surface area contributed by atoms with Crippen LogP contribution in [0.4, 0.5) is 5.82 Å². The van der Waals surface area contributed by atoms with Crippen molar-refractivity contribution < 1.29 is 0 Å². The summed E-state index contributed by atoms with van der Waals surface area (Å²) in [5.41, 5.74) is 2.05. The van der Waals surface area contributed by atoms with Gasteiger partial charge in [-0.1, -0.05) is 19.9 Å². The van der Waals surface area contributed by atoms with Gasteiger partial charge in [-0.05, 0) is 30.5 Å². The van der Waals surface area contributed by atoms with Crippen LogP contribution >= 0.6 is 0 Å². The lowest BCUT2D eigenvalue weighted by molar-refractivity contribution is 0.963. The first-order valence-corrected chi connectivity index (χ1v) is 6.36. The minimum Gasteiger partial charge on any atom is -0.370 e. The van der Waals surface area contributed by atoms with Crippen molar-refractivity contribution in [2.75, 3.05) is 11.9 Å². The Morgan fingerprint density at radius 2 is 2.00 bits per heavy atom. The Morgan fingerprint density at radius 3 is 2.78 bits per heavy atom. The Balaban J connectivity index is 2.32. The van der Waals surface area contributed by atoms with E-state index in [0.717, 1.165) is 30.9 Å². The molecule has 0 aliphatic heterocycles. The Hall–Kier alpha value is -1.97. The SMILES string of the molecule is CCCNc1ccnc(-c2ncccc2CC)n1. The van der Waals surface area contributed by atoms with E-state index in [9.17, 15) is 0 Å². The summed E-state index contributed by atoms with van der Waals surface area (Å²) in [7, 11) is 0. The van der Waals surface area contributed by atoms with Crippen molar-refractivity contribution in [3.05, 3.63) is 36.2 Å². The molecule has 0 saturated carbocycles. The topological polar surface area (TPSA) is 50.7 Å². The Bertz CT molecular complexity index is 511. The van der Waals surface area contributed by atoms with Crippen molar-refractivity contribution >= 4 is 5.82 Å². The third kappa shape index (κ3) is 2.83. The van der Waals surface area contributed by atoms with Crippen LogP contribution in [-0.4, -0.2) is 21.5 Å². The van der Waals surface area contributed by atoms with Gasteiger partial charge < -0.3 is 5.32 Å². The summed E-state index contributed by atoms with van der Waals surface area (Å²) in [4.78, 5) is 13.2. The molecular formula is C14H18N4. The molecule has 2 rings (SSSR count). The van der Waals surface area contributed by atoms with Crippen LogP contribution in [0.2, 0.25) is 0 Å². The van der Waals surface area contributed by atoms with E-state index in [0.29, 0.717) is 5.82 Å². The van der Waals surface area contributed by atoms with Crippen LogP contribution < -0.4 is 5.32 Å². The van der Waals surface area contributed by atoms with E-state index in [4.69, 9.17) is 0 Å². The third-order valence-corrected chi connectivity index (χ3v) is 2.70. The zero-order valence-corrected chi connectivity index (χ0v) is 10.8. The van der Waals surface area contributed by atoms with Gasteiger partial charge in [-0.25, -0.2) is 9.97 Å². The van der Waals surface area contributed by atoms with E-state index in [1.54, 1.807) is 12.4 Å². The third-order valence-electron chi connectivity index (χ3n) is 2.70. The second-order valence-corrected chi connectivity index (χ2v) is 4.06. The maximum absolute atomic E-state index is 4.50. The van der Waals surface area contributed by atoms with Crippen LogP contribution in [0.15, 0.2) is 30.6 Å². The first-order chi connectivity index (χ1) is 8.85. The molecule has 4 heteroatoms. The van der Waals surface area contributed by atoms with Crippen LogP contribution in [-0.2, 0) is 6.42 Å². The zero-order valence-electron chi connectivity index (χ0n) is 10.8. The number of hydrogen-bond donors (Lipinski definition) is 1. The summed E-state index contributed by atoms with van der Waals surface area (Å²) in [5.74, 6) is 1.54. The van der Waals surface area contributed by atoms with Gasteiger partial charge in [0.15, 0.2) is 5.82 Å². The van der Waals surface area contributed by atoms with E-state index in [1.807, 2.05) is 12.1 Å². The average molecular weight is 242 g/mol. The lowest BCUT2D eigenvalue weighted by Gasteiger charge is -2.07. The minimum atomic E-state index is 0.688. The van der Waals surface area contributed by atoms with Crippen LogP contribution in [0.3, 0.4) is 0 Å². The maximum atomic E-state index is 4.50. The molecule has 0 atom stereocenters. The zero-order chi connectivity index (χ0) is 12.8. The number of anilines is 1. The highest BCUT2D eigenvalue weighted by Crippen LogP contribution is 2.18. The second kappa shape index (κ2) is 6.10. The van der Waals surface area contributed by atoms with Gasteiger partial charge in [0, 0.05) is 18.9 Å². The summed E-state index contributed by atoms with van der Waals surface area (Å²) in [6.45, 7) is 5.15. The lowest BCUT2D eigenvalue weighted by atomic mass is 10.1. The van der Waals surface area contributed by atoms with E-state index >= 15 is 0 Å². The van der Waals surface area contributed by atoms with Gasteiger partial charge in [0.25, 0.3) is 0 Å². The molecule has 0 aromatic carbocycles. The van der Waals surface area contributed by atoms with Crippen molar-refractivity contribution in [2.45, 2.75) is 26.7 Å². The van der Waals surface area contributed by atoms with Crippen LogP contribution in [0, 0.1) is 0 Å². The molecule has 0 fully saturated rings. The number of aryl methyl sites for hydroxylation is 1. The van der Waals surface area contributed by atoms with Crippen LogP contribution in [0.25, 0.3) is 11.5 Å².